The number of methoxy groups -OCH3 is 2. The van der Waals surface area contributed by atoms with Gasteiger partial charge in [-0.05, 0) is 12.1 Å². The number of aromatic amines is 1. The molecule has 0 unspecified atom stereocenters. The molecular weight excluding hydrogens is 248 g/mol. The van der Waals surface area contributed by atoms with E-state index in [1.807, 2.05) is 6.07 Å². The number of H-pyrrole nitrogens is 1. The van der Waals surface area contributed by atoms with Gasteiger partial charge in [-0.2, -0.15) is 0 Å². The first-order chi connectivity index (χ1) is 9.26. The number of imidazole rings is 1. The molecule has 0 aliphatic carbocycles. The van der Waals surface area contributed by atoms with Crippen LogP contribution in [0.4, 0.5) is 0 Å². The minimum atomic E-state index is -0.399. The van der Waals surface area contributed by atoms with Crippen LogP contribution >= 0.6 is 0 Å². The van der Waals surface area contributed by atoms with E-state index in [0.717, 1.165) is 5.52 Å². The molecule has 0 atom stereocenters. The molecule has 0 fully saturated rings. The van der Waals surface area contributed by atoms with Gasteiger partial charge in [-0.15, -0.1) is 0 Å². The van der Waals surface area contributed by atoms with E-state index in [0.29, 0.717) is 36.7 Å². The monoisotopic (exact) mass is 264 g/mol. The van der Waals surface area contributed by atoms with Gasteiger partial charge < -0.3 is 19.2 Å². The quantitative estimate of drug-likeness (QED) is 0.632. The number of carbonyl (C=O) groups is 1. The highest BCUT2D eigenvalue weighted by molar-refractivity contribution is 6.01. The minimum Gasteiger partial charge on any atom is -0.465 e. The third-order valence-electron chi connectivity index (χ3n) is 2.64. The van der Waals surface area contributed by atoms with Gasteiger partial charge in [-0.1, -0.05) is 6.07 Å². The smallest absolute Gasteiger partial charge is 0.340 e. The Bertz CT molecular complexity index is 565. The van der Waals surface area contributed by atoms with Crippen molar-refractivity contribution in [2.45, 2.75) is 6.61 Å². The average Bonchev–Trinajstić information content (AvgIpc) is 2.85. The second-order valence-electron chi connectivity index (χ2n) is 3.92. The number of carbonyl (C=O) groups excluding carboxylic acids is 1. The van der Waals surface area contributed by atoms with Crippen LogP contribution in [0.5, 0.6) is 0 Å². The zero-order chi connectivity index (χ0) is 13.7. The predicted molar refractivity (Wildman–Crippen MR) is 69.0 cm³/mol. The van der Waals surface area contributed by atoms with Crippen molar-refractivity contribution in [2.75, 3.05) is 27.4 Å². The van der Waals surface area contributed by atoms with Crippen LogP contribution in [0.1, 0.15) is 16.2 Å². The van der Waals surface area contributed by atoms with Crippen LogP contribution in [0, 0.1) is 0 Å². The van der Waals surface area contributed by atoms with Crippen LogP contribution in [-0.4, -0.2) is 43.4 Å². The fourth-order valence-corrected chi connectivity index (χ4v) is 1.74. The van der Waals surface area contributed by atoms with Crippen molar-refractivity contribution in [1.82, 2.24) is 9.97 Å². The van der Waals surface area contributed by atoms with Crippen molar-refractivity contribution < 1.29 is 19.0 Å². The molecule has 0 saturated carbocycles. The van der Waals surface area contributed by atoms with Crippen LogP contribution in [0.3, 0.4) is 0 Å². The minimum absolute atomic E-state index is 0.346. The molecule has 2 aromatic rings. The molecule has 1 aromatic heterocycles. The lowest BCUT2D eigenvalue weighted by molar-refractivity contribution is 0.0589. The van der Waals surface area contributed by atoms with E-state index in [4.69, 9.17) is 14.2 Å². The van der Waals surface area contributed by atoms with Crippen LogP contribution < -0.4 is 0 Å². The lowest BCUT2D eigenvalue weighted by Gasteiger charge is -2.00. The van der Waals surface area contributed by atoms with Crippen LogP contribution in [0.25, 0.3) is 11.0 Å². The average molecular weight is 264 g/mol. The van der Waals surface area contributed by atoms with Crippen molar-refractivity contribution in [1.29, 1.82) is 0 Å². The number of hydrogen-bond acceptors (Lipinski definition) is 5. The van der Waals surface area contributed by atoms with Crippen molar-refractivity contribution in [2.24, 2.45) is 0 Å². The summed E-state index contributed by atoms with van der Waals surface area (Å²) in [5.41, 5.74) is 1.83. The summed E-state index contributed by atoms with van der Waals surface area (Å²) in [6, 6.07) is 5.32. The number of fused-ring (bicyclic) bond motifs is 1. The Morgan fingerprint density at radius 1 is 1.32 bits per heavy atom. The van der Waals surface area contributed by atoms with E-state index in [1.54, 1.807) is 19.2 Å². The lowest BCUT2D eigenvalue weighted by atomic mass is 10.2. The molecule has 0 spiro atoms. The van der Waals surface area contributed by atoms with Crippen LogP contribution in [0.15, 0.2) is 18.2 Å². The van der Waals surface area contributed by atoms with Gasteiger partial charge in [-0.3, -0.25) is 0 Å². The van der Waals surface area contributed by atoms with E-state index in [2.05, 4.69) is 9.97 Å². The molecule has 1 heterocycles. The molecule has 19 heavy (non-hydrogen) atoms. The van der Waals surface area contributed by atoms with Gasteiger partial charge in [0.2, 0.25) is 0 Å². The van der Waals surface area contributed by atoms with Gasteiger partial charge in [0.05, 0.1) is 31.4 Å². The summed E-state index contributed by atoms with van der Waals surface area (Å²) in [6.45, 7) is 1.38. The van der Waals surface area contributed by atoms with Gasteiger partial charge in [-0.25, -0.2) is 9.78 Å². The number of hydrogen-bond donors (Lipinski definition) is 1. The Hall–Kier alpha value is -1.92. The first-order valence-electron chi connectivity index (χ1n) is 5.89. The topological polar surface area (TPSA) is 73.4 Å². The summed E-state index contributed by atoms with van der Waals surface area (Å²) in [7, 11) is 2.97. The standard InChI is InChI=1S/C13H16N2O4/c1-17-6-7-19-8-11-14-10-5-3-4-9(12(10)15-11)13(16)18-2/h3-5H,6-8H2,1-2H3,(H,14,15). The highest BCUT2D eigenvalue weighted by Crippen LogP contribution is 2.17. The maximum atomic E-state index is 11.6. The normalized spacial score (nSPS) is 10.8. The summed E-state index contributed by atoms with van der Waals surface area (Å²) in [5, 5.41) is 0. The van der Waals surface area contributed by atoms with Crippen molar-refractivity contribution in [3.63, 3.8) is 0 Å². The van der Waals surface area contributed by atoms with Gasteiger partial charge in [0.1, 0.15) is 17.9 Å². The number of para-hydroxylation sites is 1. The first kappa shape index (κ1) is 13.5. The van der Waals surface area contributed by atoms with E-state index in [-0.39, 0.29) is 0 Å². The molecule has 102 valence electrons. The second kappa shape index (κ2) is 6.31. The molecule has 2 rings (SSSR count). The highest BCUT2D eigenvalue weighted by atomic mass is 16.5. The van der Waals surface area contributed by atoms with E-state index in [9.17, 15) is 4.79 Å². The van der Waals surface area contributed by atoms with Crippen LogP contribution in [-0.2, 0) is 20.8 Å². The summed E-state index contributed by atoms with van der Waals surface area (Å²) < 4.78 is 15.0. The summed E-state index contributed by atoms with van der Waals surface area (Å²) in [5.74, 6) is 0.270. The van der Waals surface area contributed by atoms with Gasteiger partial charge >= 0.3 is 5.97 Å². The molecular formula is C13H16N2O4. The number of benzene rings is 1. The van der Waals surface area contributed by atoms with Gasteiger partial charge in [0.15, 0.2) is 0 Å². The molecule has 0 amide bonds. The lowest BCUT2D eigenvalue weighted by Crippen LogP contribution is -2.03. The summed E-state index contributed by atoms with van der Waals surface area (Å²) >= 11 is 0. The third-order valence-corrected chi connectivity index (χ3v) is 2.64. The van der Waals surface area contributed by atoms with E-state index < -0.39 is 5.97 Å². The summed E-state index contributed by atoms with van der Waals surface area (Å²) in [4.78, 5) is 19.1. The van der Waals surface area contributed by atoms with E-state index in [1.165, 1.54) is 7.11 Å². The molecule has 0 radical (unpaired) electrons. The number of aromatic nitrogens is 2. The molecule has 1 N–H and O–H groups in total. The Morgan fingerprint density at radius 3 is 2.89 bits per heavy atom. The Balaban J connectivity index is 2.18. The maximum absolute atomic E-state index is 11.6. The maximum Gasteiger partial charge on any atom is 0.340 e. The van der Waals surface area contributed by atoms with Crippen molar-refractivity contribution in [3.8, 4) is 0 Å². The Morgan fingerprint density at radius 2 is 2.16 bits per heavy atom. The molecule has 6 heteroatoms. The molecule has 0 aliphatic heterocycles. The highest BCUT2D eigenvalue weighted by Gasteiger charge is 2.13. The molecule has 1 aromatic carbocycles. The predicted octanol–water partition coefficient (Wildman–Crippen LogP) is 1.51. The fourth-order valence-electron chi connectivity index (χ4n) is 1.74. The van der Waals surface area contributed by atoms with Crippen molar-refractivity contribution >= 4 is 17.0 Å². The number of ether oxygens (including phenoxy) is 3. The Kier molecular flexibility index (Phi) is 4.48. The first-order valence-corrected chi connectivity index (χ1v) is 5.89. The van der Waals surface area contributed by atoms with Gasteiger partial charge in [0, 0.05) is 7.11 Å². The largest absolute Gasteiger partial charge is 0.465 e. The Labute approximate surface area is 110 Å². The number of nitrogens with zero attached hydrogens (tertiary/aromatic N) is 1. The van der Waals surface area contributed by atoms with E-state index >= 15 is 0 Å². The molecule has 6 nitrogen and oxygen atoms in total. The van der Waals surface area contributed by atoms with Gasteiger partial charge in [0.25, 0.3) is 0 Å². The summed E-state index contributed by atoms with van der Waals surface area (Å²) in [6.07, 6.45) is 0. The molecule has 0 aliphatic rings. The fraction of sp³-hybridized carbons (Fsp3) is 0.385. The SMILES string of the molecule is COCCOCc1nc2c(C(=O)OC)cccc2[nH]1. The van der Waals surface area contributed by atoms with Crippen molar-refractivity contribution in [3.05, 3.63) is 29.6 Å². The third kappa shape index (κ3) is 3.10. The number of esters is 1. The molecule has 0 bridgehead atoms. The number of rotatable bonds is 6. The number of nitrogens with one attached hydrogen (secondary N) is 1. The zero-order valence-corrected chi connectivity index (χ0v) is 10.9. The molecule has 0 saturated heterocycles. The van der Waals surface area contributed by atoms with Crippen LogP contribution in [0.2, 0.25) is 0 Å². The zero-order valence-electron chi connectivity index (χ0n) is 10.9. The second-order valence-corrected chi connectivity index (χ2v) is 3.92.